The van der Waals surface area contributed by atoms with Gasteiger partial charge in [-0.25, -0.2) is 0 Å². The number of hydrogen-bond donors (Lipinski definition) is 0. The van der Waals surface area contributed by atoms with Gasteiger partial charge in [-0.05, 0) is 47.2 Å². The maximum Gasteiger partial charge on any atom is 0.0184 e. The van der Waals surface area contributed by atoms with Crippen molar-refractivity contribution in [2.45, 2.75) is 26.2 Å². The number of benzene rings is 2. The molecule has 0 saturated heterocycles. The summed E-state index contributed by atoms with van der Waals surface area (Å²) in [4.78, 5) is 0. The van der Waals surface area contributed by atoms with E-state index in [1.54, 1.807) is 5.57 Å². The molecule has 0 nitrogen and oxygen atoms in total. The minimum atomic E-state index is 1.11. The second-order valence-electron chi connectivity index (χ2n) is 5.12. The Labute approximate surface area is 123 Å². The molecule has 0 N–H and O–H groups in total. The fourth-order valence-corrected chi connectivity index (χ4v) is 3.33. The summed E-state index contributed by atoms with van der Waals surface area (Å²) in [6.45, 7) is 2.25. The quantitative estimate of drug-likeness (QED) is 0.666. The zero-order valence-corrected chi connectivity index (χ0v) is 12.7. The van der Waals surface area contributed by atoms with E-state index in [0.717, 1.165) is 6.42 Å². The highest BCUT2D eigenvalue weighted by molar-refractivity contribution is 9.10. The van der Waals surface area contributed by atoms with Crippen LogP contribution in [0.1, 0.15) is 30.9 Å². The molecule has 0 spiro atoms. The first kappa shape index (κ1) is 12.7. The second-order valence-corrected chi connectivity index (χ2v) is 6.04. The summed E-state index contributed by atoms with van der Waals surface area (Å²) >= 11 is 3.65. The molecule has 0 radical (unpaired) electrons. The summed E-state index contributed by atoms with van der Waals surface area (Å²) in [5, 5.41) is 0. The molecular weight excluding hydrogens is 296 g/mol. The molecule has 1 aliphatic carbocycles. The number of hydrogen-bond acceptors (Lipinski definition) is 0. The van der Waals surface area contributed by atoms with Crippen molar-refractivity contribution >= 4 is 22.0 Å². The maximum absolute atomic E-state index is 3.65. The van der Waals surface area contributed by atoms with E-state index in [4.69, 9.17) is 0 Å². The maximum atomic E-state index is 3.65. The first-order chi connectivity index (χ1) is 9.28. The fourth-order valence-electron chi connectivity index (χ4n) is 2.83. The molecule has 1 aliphatic rings. The van der Waals surface area contributed by atoms with Crippen molar-refractivity contribution in [2.75, 3.05) is 0 Å². The molecule has 2 aromatic carbocycles. The Morgan fingerprint density at radius 2 is 1.89 bits per heavy atom. The van der Waals surface area contributed by atoms with Crippen LogP contribution in [0.3, 0.4) is 0 Å². The summed E-state index contributed by atoms with van der Waals surface area (Å²) in [5.74, 6) is 0. The van der Waals surface area contributed by atoms with Crippen molar-refractivity contribution in [3.8, 4) is 11.1 Å². The lowest BCUT2D eigenvalue weighted by Gasteiger charge is -2.09. The van der Waals surface area contributed by atoms with Crippen LogP contribution in [-0.2, 0) is 6.42 Å². The minimum Gasteiger partial charge on any atom is -0.0652 e. The van der Waals surface area contributed by atoms with E-state index in [2.05, 4.69) is 71.4 Å². The average Bonchev–Trinajstić information content (AvgIpc) is 2.81. The normalized spacial score (nSPS) is 13.3. The van der Waals surface area contributed by atoms with Gasteiger partial charge >= 0.3 is 0 Å². The van der Waals surface area contributed by atoms with Gasteiger partial charge in [-0.1, -0.05) is 71.3 Å². The molecule has 0 saturated carbocycles. The van der Waals surface area contributed by atoms with Crippen LogP contribution in [0, 0.1) is 0 Å². The predicted molar refractivity (Wildman–Crippen MR) is 86.2 cm³/mol. The lowest BCUT2D eigenvalue weighted by molar-refractivity contribution is 0.886. The van der Waals surface area contributed by atoms with Crippen LogP contribution in [0.15, 0.2) is 52.5 Å². The lowest BCUT2D eigenvalue weighted by Crippen LogP contribution is -1.88. The molecule has 2 aromatic rings. The van der Waals surface area contributed by atoms with Crippen molar-refractivity contribution in [3.05, 3.63) is 63.6 Å². The molecule has 19 heavy (non-hydrogen) atoms. The summed E-state index contributed by atoms with van der Waals surface area (Å²) in [6.07, 6.45) is 5.94. The van der Waals surface area contributed by atoms with Crippen molar-refractivity contribution < 1.29 is 0 Å². The van der Waals surface area contributed by atoms with Crippen LogP contribution in [0.25, 0.3) is 17.2 Å². The van der Waals surface area contributed by atoms with Crippen molar-refractivity contribution in [1.82, 2.24) is 0 Å². The zero-order valence-electron chi connectivity index (χ0n) is 11.1. The van der Waals surface area contributed by atoms with E-state index in [1.807, 2.05) is 0 Å². The highest BCUT2D eigenvalue weighted by atomic mass is 79.9. The topological polar surface area (TPSA) is 0 Å². The van der Waals surface area contributed by atoms with Gasteiger partial charge in [-0.2, -0.15) is 0 Å². The van der Waals surface area contributed by atoms with Gasteiger partial charge in [0, 0.05) is 4.47 Å². The van der Waals surface area contributed by atoms with Crippen LogP contribution in [-0.4, -0.2) is 0 Å². The van der Waals surface area contributed by atoms with E-state index < -0.39 is 0 Å². The Bertz CT molecular complexity index is 624. The standard InChI is InChI=1S/C18H17Br/c1-2-6-13-9-15-11-16(19)12-18(17(15)10-13)14-7-4-3-5-8-14/h3-5,7-8,10-12H,2,6,9H2,1H3. The minimum absolute atomic E-state index is 1.11. The van der Waals surface area contributed by atoms with E-state index in [1.165, 1.54) is 39.6 Å². The number of fused-ring (bicyclic) bond motifs is 1. The Balaban J connectivity index is 2.11. The van der Waals surface area contributed by atoms with Gasteiger partial charge in [0.2, 0.25) is 0 Å². The van der Waals surface area contributed by atoms with Gasteiger partial charge in [0.15, 0.2) is 0 Å². The fraction of sp³-hybridized carbons (Fsp3) is 0.222. The average molecular weight is 313 g/mol. The monoisotopic (exact) mass is 312 g/mol. The third-order valence-corrected chi connectivity index (χ3v) is 4.11. The van der Waals surface area contributed by atoms with Crippen LogP contribution in [0.4, 0.5) is 0 Å². The summed E-state index contributed by atoms with van der Waals surface area (Å²) < 4.78 is 1.18. The van der Waals surface area contributed by atoms with Crippen LogP contribution in [0.2, 0.25) is 0 Å². The molecule has 1 heteroatoms. The van der Waals surface area contributed by atoms with Crippen LogP contribution < -0.4 is 0 Å². The van der Waals surface area contributed by atoms with E-state index in [0.29, 0.717) is 0 Å². The van der Waals surface area contributed by atoms with Gasteiger partial charge in [0.05, 0.1) is 0 Å². The Hall–Kier alpha value is -1.34. The third kappa shape index (κ3) is 2.52. The number of allylic oxidation sites excluding steroid dienone is 1. The highest BCUT2D eigenvalue weighted by Crippen LogP contribution is 2.37. The molecule has 0 bridgehead atoms. The van der Waals surface area contributed by atoms with Gasteiger partial charge in [0.25, 0.3) is 0 Å². The van der Waals surface area contributed by atoms with Crippen LogP contribution >= 0.6 is 15.9 Å². The number of rotatable bonds is 3. The van der Waals surface area contributed by atoms with Gasteiger partial charge in [0.1, 0.15) is 0 Å². The first-order valence-electron chi connectivity index (χ1n) is 6.85. The van der Waals surface area contributed by atoms with E-state index in [9.17, 15) is 0 Å². The lowest BCUT2D eigenvalue weighted by atomic mass is 9.97. The third-order valence-electron chi connectivity index (χ3n) is 3.65. The van der Waals surface area contributed by atoms with Crippen molar-refractivity contribution in [3.63, 3.8) is 0 Å². The Morgan fingerprint density at radius 1 is 1.11 bits per heavy atom. The smallest absolute Gasteiger partial charge is 0.0184 e. The summed E-state index contributed by atoms with van der Waals surface area (Å²) in [6, 6.07) is 15.2. The van der Waals surface area contributed by atoms with Crippen molar-refractivity contribution in [1.29, 1.82) is 0 Å². The molecule has 0 fully saturated rings. The summed E-state index contributed by atoms with van der Waals surface area (Å²) in [5.41, 5.74) is 7.08. The summed E-state index contributed by atoms with van der Waals surface area (Å²) in [7, 11) is 0. The molecular formula is C18H17Br. The van der Waals surface area contributed by atoms with Gasteiger partial charge < -0.3 is 0 Å². The SMILES string of the molecule is CCCC1=Cc2c(cc(Br)cc2-c2ccccc2)C1. The molecule has 0 amide bonds. The molecule has 0 unspecified atom stereocenters. The van der Waals surface area contributed by atoms with Crippen molar-refractivity contribution in [2.24, 2.45) is 0 Å². The molecule has 96 valence electrons. The second kappa shape index (κ2) is 5.34. The largest absolute Gasteiger partial charge is 0.0652 e. The highest BCUT2D eigenvalue weighted by Gasteiger charge is 2.17. The van der Waals surface area contributed by atoms with E-state index >= 15 is 0 Å². The Morgan fingerprint density at radius 3 is 2.63 bits per heavy atom. The van der Waals surface area contributed by atoms with Gasteiger partial charge in [-0.3, -0.25) is 0 Å². The molecule has 0 heterocycles. The van der Waals surface area contributed by atoms with Crippen LogP contribution in [0.5, 0.6) is 0 Å². The molecule has 0 atom stereocenters. The number of halogens is 1. The van der Waals surface area contributed by atoms with E-state index in [-0.39, 0.29) is 0 Å². The van der Waals surface area contributed by atoms with Gasteiger partial charge in [-0.15, -0.1) is 0 Å². The molecule has 0 aromatic heterocycles. The predicted octanol–water partition coefficient (Wildman–Crippen LogP) is 5.86. The molecule has 0 aliphatic heterocycles. The zero-order chi connectivity index (χ0) is 13.2. The Kier molecular flexibility index (Phi) is 3.56. The molecule has 3 rings (SSSR count). The first-order valence-corrected chi connectivity index (χ1v) is 7.64.